The predicted octanol–water partition coefficient (Wildman–Crippen LogP) is 1.73. The standard InChI is InChI=1S/C13H15F2NO4S/c14-10-2-1-9(12(15)7-10)8-16(11-3-4-11)21(19,20)6-5-13(17)18/h1-2,7,11H,3-6,8H2,(H,17,18). The van der Waals surface area contributed by atoms with E-state index in [0.29, 0.717) is 18.9 Å². The van der Waals surface area contributed by atoms with Crippen LogP contribution < -0.4 is 0 Å². The molecule has 0 amide bonds. The molecule has 1 N–H and O–H groups in total. The van der Waals surface area contributed by atoms with Gasteiger partial charge in [-0.1, -0.05) is 6.07 Å². The van der Waals surface area contributed by atoms with Crippen molar-refractivity contribution in [1.82, 2.24) is 4.31 Å². The summed E-state index contributed by atoms with van der Waals surface area (Å²) < 4.78 is 52.0. The summed E-state index contributed by atoms with van der Waals surface area (Å²) in [6.45, 7) is -0.210. The van der Waals surface area contributed by atoms with Gasteiger partial charge in [0.15, 0.2) is 0 Å². The fourth-order valence-electron chi connectivity index (χ4n) is 1.97. The summed E-state index contributed by atoms with van der Waals surface area (Å²) in [5.41, 5.74) is 0.0715. The highest BCUT2D eigenvalue weighted by atomic mass is 32.2. The van der Waals surface area contributed by atoms with Crippen LogP contribution in [-0.2, 0) is 21.4 Å². The minimum atomic E-state index is -3.79. The molecule has 0 spiro atoms. The molecule has 0 aliphatic heterocycles. The van der Waals surface area contributed by atoms with Crippen molar-refractivity contribution >= 4 is 16.0 Å². The van der Waals surface area contributed by atoms with E-state index in [0.717, 1.165) is 10.4 Å². The highest BCUT2D eigenvalue weighted by Gasteiger charge is 2.37. The smallest absolute Gasteiger partial charge is 0.304 e. The third-order valence-electron chi connectivity index (χ3n) is 3.23. The first-order valence-corrected chi connectivity index (χ1v) is 8.06. The number of nitrogens with zero attached hydrogens (tertiary/aromatic N) is 1. The number of rotatable bonds is 7. The molecule has 1 fully saturated rings. The zero-order chi connectivity index (χ0) is 15.6. The minimum Gasteiger partial charge on any atom is -0.481 e. The lowest BCUT2D eigenvalue weighted by atomic mass is 10.2. The molecule has 5 nitrogen and oxygen atoms in total. The molecule has 2 rings (SSSR count). The molecule has 0 unspecified atom stereocenters. The van der Waals surface area contributed by atoms with Crippen LogP contribution in [0.15, 0.2) is 18.2 Å². The summed E-state index contributed by atoms with van der Waals surface area (Å²) in [6.07, 6.45) is 0.821. The van der Waals surface area contributed by atoms with Gasteiger partial charge in [0.05, 0.1) is 12.2 Å². The number of hydrogen-bond donors (Lipinski definition) is 1. The molecule has 0 atom stereocenters. The van der Waals surface area contributed by atoms with Gasteiger partial charge < -0.3 is 5.11 Å². The first kappa shape index (κ1) is 15.8. The van der Waals surface area contributed by atoms with Crippen LogP contribution in [0.25, 0.3) is 0 Å². The molecule has 1 aromatic carbocycles. The van der Waals surface area contributed by atoms with Gasteiger partial charge in [0.2, 0.25) is 10.0 Å². The maximum Gasteiger partial charge on any atom is 0.304 e. The zero-order valence-corrected chi connectivity index (χ0v) is 11.9. The monoisotopic (exact) mass is 319 g/mol. The van der Waals surface area contributed by atoms with Gasteiger partial charge in [0.1, 0.15) is 11.6 Å². The maximum atomic E-state index is 13.6. The van der Waals surface area contributed by atoms with Crippen molar-refractivity contribution < 1.29 is 27.1 Å². The predicted molar refractivity (Wildman–Crippen MR) is 71.0 cm³/mol. The number of carbonyl (C=O) groups is 1. The third-order valence-corrected chi connectivity index (χ3v) is 5.09. The van der Waals surface area contributed by atoms with Crippen LogP contribution in [0.4, 0.5) is 8.78 Å². The summed E-state index contributed by atoms with van der Waals surface area (Å²) in [5, 5.41) is 8.59. The molecule has 0 bridgehead atoms. The maximum absolute atomic E-state index is 13.6. The Morgan fingerprint density at radius 1 is 1.33 bits per heavy atom. The number of carboxylic acids is 1. The molecule has 1 aliphatic rings. The summed E-state index contributed by atoms with van der Waals surface area (Å²) in [4.78, 5) is 10.5. The summed E-state index contributed by atoms with van der Waals surface area (Å²) >= 11 is 0. The summed E-state index contributed by atoms with van der Waals surface area (Å²) in [5.74, 6) is -3.28. The first-order chi connectivity index (χ1) is 9.79. The molecule has 1 saturated carbocycles. The Morgan fingerprint density at radius 2 is 2.00 bits per heavy atom. The molecular formula is C13H15F2NO4S. The van der Waals surface area contributed by atoms with E-state index in [9.17, 15) is 22.0 Å². The van der Waals surface area contributed by atoms with Gasteiger partial charge in [0.25, 0.3) is 0 Å². The minimum absolute atomic E-state index is 0.0715. The first-order valence-electron chi connectivity index (χ1n) is 6.45. The zero-order valence-electron chi connectivity index (χ0n) is 11.1. The molecule has 21 heavy (non-hydrogen) atoms. The van der Waals surface area contributed by atoms with E-state index in [1.54, 1.807) is 0 Å². The van der Waals surface area contributed by atoms with Crippen LogP contribution in [-0.4, -0.2) is 35.6 Å². The molecule has 8 heteroatoms. The Bertz CT molecular complexity index is 644. The van der Waals surface area contributed by atoms with E-state index in [-0.39, 0.29) is 18.2 Å². The molecule has 0 heterocycles. The third kappa shape index (κ3) is 4.21. The van der Waals surface area contributed by atoms with Gasteiger partial charge in [-0.15, -0.1) is 0 Å². The lowest BCUT2D eigenvalue weighted by Crippen LogP contribution is -2.35. The van der Waals surface area contributed by atoms with E-state index in [1.807, 2.05) is 0 Å². The quantitative estimate of drug-likeness (QED) is 0.830. The lowest BCUT2D eigenvalue weighted by molar-refractivity contribution is -0.136. The molecule has 1 aromatic rings. The van der Waals surface area contributed by atoms with Crippen molar-refractivity contribution in [2.45, 2.75) is 31.8 Å². The highest BCUT2D eigenvalue weighted by molar-refractivity contribution is 7.89. The van der Waals surface area contributed by atoms with Crippen LogP contribution in [0.1, 0.15) is 24.8 Å². The Kier molecular flexibility index (Phi) is 4.58. The van der Waals surface area contributed by atoms with Crippen molar-refractivity contribution in [3.63, 3.8) is 0 Å². The molecule has 0 saturated heterocycles. The van der Waals surface area contributed by atoms with Crippen LogP contribution in [0.3, 0.4) is 0 Å². The van der Waals surface area contributed by atoms with Crippen molar-refractivity contribution in [3.05, 3.63) is 35.4 Å². The van der Waals surface area contributed by atoms with Gasteiger partial charge in [0, 0.05) is 24.2 Å². The molecule has 1 aliphatic carbocycles. The number of hydrogen-bond acceptors (Lipinski definition) is 3. The molecule has 0 aromatic heterocycles. The average Bonchev–Trinajstić information content (AvgIpc) is 3.19. The van der Waals surface area contributed by atoms with E-state index >= 15 is 0 Å². The van der Waals surface area contributed by atoms with Gasteiger partial charge in [-0.2, -0.15) is 4.31 Å². The summed E-state index contributed by atoms with van der Waals surface area (Å²) in [7, 11) is -3.79. The van der Waals surface area contributed by atoms with Crippen LogP contribution in [0, 0.1) is 11.6 Å². The second kappa shape index (κ2) is 6.07. The number of aliphatic carboxylic acids is 1. The van der Waals surface area contributed by atoms with Crippen molar-refractivity contribution in [1.29, 1.82) is 0 Å². The molecule has 116 valence electrons. The van der Waals surface area contributed by atoms with Crippen molar-refractivity contribution in [2.24, 2.45) is 0 Å². The van der Waals surface area contributed by atoms with E-state index in [2.05, 4.69) is 0 Å². The molecule has 0 radical (unpaired) electrons. The summed E-state index contributed by atoms with van der Waals surface area (Å²) in [6, 6.07) is 2.73. The molecular weight excluding hydrogens is 304 g/mol. The fraction of sp³-hybridized carbons (Fsp3) is 0.462. The Labute approximate surface area is 121 Å². The second-order valence-corrected chi connectivity index (χ2v) is 7.01. The number of halogens is 2. The highest BCUT2D eigenvalue weighted by Crippen LogP contribution is 2.31. The van der Waals surface area contributed by atoms with Crippen molar-refractivity contribution in [2.75, 3.05) is 5.75 Å². The Morgan fingerprint density at radius 3 is 2.52 bits per heavy atom. The van der Waals surface area contributed by atoms with E-state index < -0.39 is 39.8 Å². The SMILES string of the molecule is O=C(O)CCS(=O)(=O)N(Cc1ccc(F)cc1F)C1CC1. The Hall–Kier alpha value is -1.54. The van der Waals surface area contributed by atoms with Gasteiger partial charge in [-0.05, 0) is 18.9 Å². The largest absolute Gasteiger partial charge is 0.481 e. The average molecular weight is 319 g/mol. The van der Waals surface area contributed by atoms with Crippen LogP contribution in [0.2, 0.25) is 0 Å². The van der Waals surface area contributed by atoms with Crippen LogP contribution >= 0.6 is 0 Å². The number of carboxylic acid groups (broad SMARTS) is 1. The van der Waals surface area contributed by atoms with E-state index in [4.69, 9.17) is 5.11 Å². The van der Waals surface area contributed by atoms with E-state index in [1.165, 1.54) is 6.07 Å². The second-order valence-electron chi connectivity index (χ2n) is 4.97. The van der Waals surface area contributed by atoms with Gasteiger partial charge in [-0.25, -0.2) is 17.2 Å². The Balaban J connectivity index is 2.17. The fourth-order valence-corrected chi connectivity index (χ4v) is 3.64. The van der Waals surface area contributed by atoms with Crippen molar-refractivity contribution in [3.8, 4) is 0 Å². The van der Waals surface area contributed by atoms with Gasteiger partial charge >= 0.3 is 5.97 Å². The topological polar surface area (TPSA) is 74.7 Å². The van der Waals surface area contributed by atoms with Gasteiger partial charge in [-0.3, -0.25) is 4.79 Å². The normalized spacial score (nSPS) is 15.4. The number of benzene rings is 1. The number of sulfonamides is 1. The van der Waals surface area contributed by atoms with Crippen LogP contribution in [0.5, 0.6) is 0 Å². The lowest BCUT2D eigenvalue weighted by Gasteiger charge is -2.22.